The number of nitrogens with one attached hydrogen (secondary N) is 1. The second-order valence-corrected chi connectivity index (χ2v) is 10.0. The second-order valence-electron chi connectivity index (χ2n) is 9.16. The van der Waals surface area contributed by atoms with Gasteiger partial charge in [-0.3, -0.25) is 15.0 Å². The van der Waals surface area contributed by atoms with E-state index < -0.39 is 0 Å². The van der Waals surface area contributed by atoms with Crippen LogP contribution in [0.5, 0.6) is 0 Å². The molecule has 8 nitrogen and oxygen atoms in total. The highest BCUT2D eigenvalue weighted by molar-refractivity contribution is 7.13. The van der Waals surface area contributed by atoms with Crippen LogP contribution in [-0.4, -0.2) is 79.3 Å². The summed E-state index contributed by atoms with van der Waals surface area (Å²) in [5.74, 6) is -0.150. The highest BCUT2D eigenvalue weighted by atomic mass is 32.1. The van der Waals surface area contributed by atoms with Gasteiger partial charge >= 0.3 is 12.0 Å². The van der Waals surface area contributed by atoms with Gasteiger partial charge in [0, 0.05) is 44.0 Å². The average Bonchev–Trinajstić information content (AvgIpc) is 3.38. The zero-order valence-corrected chi connectivity index (χ0v) is 22.7. The van der Waals surface area contributed by atoms with E-state index in [-0.39, 0.29) is 24.3 Å². The maximum Gasteiger partial charge on any atom is 0.323 e. The van der Waals surface area contributed by atoms with Gasteiger partial charge in [0.2, 0.25) is 0 Å². The first-order valence-corrected chi connectivity index (χ1v) is 14.1. The number of nitrogens with zero attached hydrogens (tertiary/aromatic N) is 3. The predicted octanol–water partition coefficient (Wildman–Crippen LogP) is 4.64. The molecule has 0 saturated carbocycles. The molecule has 1 saturated heterocycles. The maximum absolute atomic E-state index is 13.5. The molecule has 1 aliphatic rings. The topological polar surface area (TPSA) is 84.0 Å². The van der Waals surface area contributed by atoms with Crippen molar-refractivity contribution in [2.45, 2.75) is 25.7 Å². The smallest absolute Gasteiger partial charge is 0.323 e. The molecule has 1 fully saturated rings. The molecule has 1 aliphatic heterocycles. The van der Waals surface area contributed by atoms with Crippen molar-refractivity contribution >= 4 is 28.5 Å². The molecule has 38 heavy (non-hydrogen) atoms. The van der Waals surface area contributed by atoms with Crippen LogP contribution in [0.2, 0.25) is 0 Å². The lowest BCUT2D eigenvalue weighted by atomic mass is 9.88. The number of urea groups is 1. The quantitative estimate of drug-likeness (QED) is 0.340. The molecule has 2 heterocycles. The van der Waals surface area contributed by atoms with Crippen LogP contribution >= 0.6 is 11.3 Å². The van der Waals surface area contributed by atoms with Crippen LogP contribution in [0, 0.1) is 0 Å². The third-order valence-electron chi connectivity index (χ3n) is 6.57. The largest absolute Gasteiger partial charge is 0.466 e. The molecule has 2 amide bonds. The van der Waals surface area contributed by atoms with E-state index >= 15 is 0 Å². The van der Waals surface area contributed by atoms with Crippen molar-refractivity contribution in [3.8, 4) is 0 Å². The summed E-state index contributed by atoms with van der Waals surface area (Å²) in [7, 11) is 0. The van der Waals surface area contributed by atoms with Gasteiger partial charge in [-0.15, -0.1) is 11.3 Å². The van der Waals surface area contributed by atoms with Gasteiger partial charge in [-0.2, -0.15) is 0 Å². The zero-order chi connectivity index (χ0) is 26.6. The SMILES string of the molecule is CCOC(=O)Cc1csc(NC(=O)N(CCC(c2ccccc2)c2ccccc2)CCN2CCOCC2)n1. The number of anilines is 1. The summed E-state index contributed by atoms with van der Waals surface area (Å²) in [6.45, 7) is 7.26. The summed E-state index contributed by atoms with van der Waals surface area (Å²) in [4.78, 5) is 33.9. The van der Waals surface area contributed by atoms with Gasteiger partial charge < -0.3 is 14.4 Å². The van der Waals surface area contributed by atoms with Gasteiger partial charge in [0.25, 0.3) is 0 Å². The zero-order valence-electron chi connectivity index (χ0n) is 21.9. The molecular weight excluding hydrogens is 500 g/mol. The van der Waals surface area contributed by atoms with Crippen LogP contribution in [0.4, 0.5) is 9.93 Å². The fourth-order valence-electron chi connectivity index (χ4n) is 4.56. The first-order chi connectivity index (χ1) is 18.6. The van der Waals surface area contributed by atoms with E-state index in [0.717, 1.165) is 39.3 Å². The molecule has 4 rings (SSSR count). The third-order valence-corrected chi connectivity index (χ3v) is 7.37. The van der Waals surface area contributed by atoms with Gasteiger partial charge in [-0.25, -0.2) is 9.78 Å². The summed E-state index contributed by atoms with van der Waals surface area (Å²) >= 11 is 1.32. The summed E-state index contributed by atoms with van der Waals surface area (Å²) in [5.41, 5.74) is 3.06. The Labute approximate surface area is 228 Å². The third kappa shape index (κ3) is 8.37. The number of morpholine rings is 1. The number of rotatable bonds is 12. The van der Waals surface area contributed by atoms with Crippen molar-refractivity contribution in [3.05, 3.63) is 82.9 Å². The van der Waals surface area contributed by atoms with Crippen LogP contribution in [0.3, 0.4) is 0 Å². The van der Waals surface area contributed by atoms with Crippen molar-refractivity contribution in [2.24, 2.45) is 0 Å². The van der Waals surface area contributed by atoms with Crippen molar-refractivity contribution in [2.75, 3.05) is 57.9 Å². The molecule has 202 valence electrons. The Morgan fingerprint density at radius 1 is 1.05 bits per heavy atom. The lowest BCUT2D eigenvalue weighted by molar-refractivity contribution is -0.142. The van der Waals surface area contributed by atoms with E-state index in [9.17, 15) is 9.59 Å². The first kappa shape index (κ1) is 27.8. The van der Waals surface area contributed by atoms with Crippen molar-refractivity contribution in [1.82, 2.24) is 14.8 Å². The molecule has 1 aromatic heterocycles. The van der Waals surface area contributed by atoms with Gasteiger partial charge in [-0.1, -0.05) is 60.7 Å². The van der Waals surface area contributed by atoms with Gasteiger partial charge in [0.1, 0.15) is 0 Å². The van der Waals surface area contributed by atoms with Crippen LogP contribution in [0.25, 0.3) is 0 Å². The van der Waals surface area contributed by atoms with E-state index in [1.165, 1.54) is 22.5 Å². The number of thiazole rings is 1. The average molecular weight is 537 g/mol. The number of hydrogen-bond donors (Lipinski definition) is 1. The molecule has 0 radical (unpaired) electrons. The van der Waals surface area contributed by atoms with E-state index in [0.29, 0.717) is 30.5 Å². The Bertz CT molecular complexity index is 1100. The molecule has 0 atom stereocenters. The highest BCUT2D eigenvalue weighted by Crippen LogP contribution is 2.28. The minimum atomic E-state index is -0.323. The Kier molecular flexibility index (Phi) is 10.7. The summed E-state index contributed by atoms with van der Waals surface area (Å²) in [6, 6.07) is 20.7. The number of amides is 2. The number of esters is 1. The maximum atomic E-state index is 13.5. The lowest BCUT2D eigenvalue weighted by Gasteiger charge is -2.31. The molecule has 0 aliphatic carbocycles. The molecular formula is C29H36N4O4S. The van der Waals surface area contributed by atoms with Crippen molar-refractivity contribution < 1.29 is 19.1 Å². The summed E-state index contributed by atoms with van der Waals surface area (Å²) in [6.07, 6.45) is 0.882. The van der Waals surface area contributed by atoms with Gasteiger partial charge in [0.05, 0.1) is 31.9 Å². The minimum Gasteiger partial charge on any atom is -0.466 e. The van der Waals surface area contributed by atoms with E-state index in [4.69, 9.17) is 9.47 Å². The van der Waals surface area contributed by atoms with Crippen molar-refractivity contribution in [1.29, 1.82) is 0 Å². The first-order valence-electron chi connectivity index (χ1n) is 13.2. The van der Waals surface area contributed by atoms with E-state index in [1.807, 2.05) is 17.0 Å². The Balaban J connectivity index is 1.45. The highest BCUT2D eigenvalue weighted by Gasteiger charge is 2.21. The molecule has 1 N–H and O–H groups in total. The fourth-order valence-corrected chi connectivity index (χ4v) is 5.26. The predicted molar refractivity (Wildman–Crippen MR) is 150 cm³/mol. The normalized spacial score (nSPS) is 13.8. The summed E-state index contributed by atoms with van der Waals surface area (Å²) < 4.78 is 10.5. The number of ether oxygens (including phenoxy) is 2. The molecule has 0 bridgehead atoms. The Morgan fingerprint density at radius 2 is 1.71 bits per heavy atom. The minimum absolute atomic E-state index is 0.0940. The van der Waals surface area contributed by atoms with Gasteiger partial charge in [0.15, 0.2) is 5.13 Å². The van der Waals surface area contributed by atoms with Crippen LogP contribution in [0.15, 0.2) is 66.0 Å². The molecule has 3 aromatic rings. The Morgan fingerprint density at radius 3 is 2.34 bits per heavy atom. The van der Waals surface area contributed by atoms with E-state index in [2.05, 4.69) is 63.7 Å². The fraction of sp³-hybridized carbons (Fsp3) is 0.414. The lowest BCUT2D eigenvalue weighted by Crippen LogP contribution is -2.44. The molecule has 2 aromatic carbocycles. The van der Waals surface area contributed by atoms with E-state index in [1.54, 1.807) is 12.3 Å². The Hall–Kier alpha value is -3.27. The van der Waals surface area contributed by atoms with Gasteiger partial charge in [-0.05, 0) is 24.5 Å². The molecule has 9 heteroatoms. The second kappa shape index (κ2) is 14.6. The van der Waals surface area contributed by atoms with Crippen LogP contribution in [-0.2, 0) is 20.7 Å². The monoisotopic (exact) mass is 536 g/mol. The number of carbonyl (C=O) groups excluding carboxylic acids is 2. The molecule has 0 unspecified atom stereocenters. The van der Waals surface area contributed by atoms with Crippen LogP contribution < -0.4 is 5.32 Å². The number of hydrogen-bond acceptors (Lipinski definition) is 7. The number of benzene rings is 2. The number of carbonyl (C=O) groups is 2. The van der Waals surface area contributed by atoms with Crippen molar-refractivity contribution in [3.63, 3.8) is 0 Å². The van der Waals surface area contributed by atoms with Crippen LogP contribution in [0.1, 0.15) is 36.1 Å². The standard InChI is InChI=1S/C29H36N4O4S/c1-2-37-27(34)21-25-22-38-28(30-25)31-29(35)33(16-15-32-17-19-36-20-18-32)14-13-26(23-9-5-3-6-10-23)24-11-7-4-8-12-24/h3-12,22,26H,2,13-21H2,1H3,(H,30,31,35). The number of aromatic nitrogens is 1. The summed E-state index contributed by atoms with van der Waals surface area (Å²) in [5, 5.41) is 5.22. The molecule has 0 spiro atoms.